The Morgan fingerprint density at radius 1 is 1.00 bits per heavy atom. The Bertz CT molecular complexity index is 815. The topological polar surface area (TPSA) is 54.9 Å². The molecule has 1 aromatic heterocycles. The van der Waals surface area contributed by atoms with Gasteiger partial charge in [0.2, 0.25) is 5.91 Å². The van der Waals surface area contributed by atoms with Gasteiger partial charge < -0.3 is 19.3 Å². The number of fused-ring (bicyclic) bond motifs is 1. The molecule has 0 saturated carbocycles. The Labute approximate surface area is 159 Å². The minimum absolute atomic E-state index is 0.0304. The molecule has 6 heteroatoms. The Kier molecular flexibility index (Phi) is 5.23. The molecule has 4 rings (SSSR count). The van der Waals surface area contributed by atoms with Crippen molar-refractivity contribution in [3.8, 4) is 11.5 Å². The highest BCUT2D eigenvalue weighted by atomic mass is 16.5. The number of anilines is 1. The van der Waals surface area contributed by atoms with Gasteiger partial charge in [0.25, 0.3) is 0 Å². The summed E-state index contributed by atoms with van der Waals surface area (Å²) in [5.41, 5.74) is 0.930. The van der Waals surface area contributed by atoms with E-state index in [-0.39, 0.29) is 5.91 Å². The smallest absolute Gasteiger partial charge is 0.246 e. The first kappa shape index (κ1) is 17.4. The van der Waals surface area contributed by atoms with Crippen LogP contribution in [-0.4, -0.2) is 55.2 Å². The molecule has 0 unspecified atom stereocenters. The SMILES string of the molecule is O=C(C=Cc1ccc2c(c1)OCCCO2)N1CCN(c2ccccn2)CC1. The van der Waals surface area contributed by atoms with Crippen molar-refractivity contribution in [2.24, 2.45) is 0 Å². The van der Waals surface area contributed by atoms with E-state index in [0.29, 0.717) is 26.3 Å². The highest BCUT2D eigenvalue weighted by Crippen LogP contribution is 2.30. The summed E-state index contributed by atoms with van der Waals surface area (Å²) in [6.07, 6.45) is 6.14. The lowest BCUT2D eigenvalue weighted by Crippen LogP contribution is -2.48. The summed E-state index contributed by atoms with van der Waals surface area (Å²) in [5, 5.41) is 0. The highest BCUT2D eigenvalue weighted by Gasteiger charge is 2.20. The second kappa shape index (κ2) is 8.12. The van der Waals surface area contributed by atoms with E-state index in [1.807, 2.05) is 47.4 Å². The number of amides is 1. The van der Waals surface area contributed by atoms with Crippen molar-refractivity contribution < 1.29 is 14.3 Å². The second-order valence-electron chi connectivity index (χ2n) is 6.59. The summed E-state index contributed by atoms with van der Waals surface area (Å²) >= 11 is 0. The summed E-state index contributed by atoms with van der Waals surface area (Å²) in [7, 11) is 0. The number of pyridine rings is 1. The molecule has 2 aromatic rings. The third-order valence-corrected chi connectivity index (χ3v) is 4.75. The van der Waals surface area contributed by atoms with Gasteiger partial charge in [0.15, 0.2) is 11.5 Å². The summed E-state index contributed by atoms with van der Waals surface area (Å²) in [5.74, 6) is 2.50. The normalized spacial score (nSPS) is 17.0. The lowest BCUT2D eigenvalue weighted by molar-refractivity contribution is -0.126. The third-order valence-electron chi connectivity index (χ3n) is 4.75. The summed E-state index contributed by atoms with van der Waals surface area (Å²) < 4.78 is 11.3. The minimum Gasteiger partial charge on any atom is -0.490 e. The van der Waals surface area contributed by atoms with E-state index in [1.165, 1.54) is 0 Å². The fourth-order valence-corrected chi connectivity index (χ4v) is 3.25. The molecule has 2 aliphatic heterocycles. The molecule has 6 nitrogen and oxygen atoms in total. The van der Waals surface area contributed by atoms with Crippen LogP contribution in [0.5, 0.6) is 11.5 Å². The van der Waals surface area contributed by atoms with E-state index >= 15 is 0 Å². The average molecular weight is 365 g/mol. The lowest BCUT2D eigenvalue weighted by Gasteiger charge is -2.34. The van der Waals surface area contributed by atoms with E-state index in [2.05, 4.69) is 9.88 Å². The molecule has 2 aliphatic rings. The fraction of sp³-hybridized carbons (Fsp3) is 0.333. The van der Waals surface area contributed by atoms with Crippen LogP contribution in [-0.2, 0) is 4.79 Å². The monoisotopic (exact) mass is 365 g/mol. The van der Waals surface area contributed by atoms with Crippen molar-refractivity contribution in [2.75, 3.05) is 44.3 Å². The van der Waals surface area contributed by atoms with Gasteiger partial charge in [-0.25, -0.2) is 4.98 Å². The Morgan fingerprint density at radius 3 is 2.59 bits per heavy atom. The predicted octanol–water partition coefficient (Wildman–Crippen LogP) is 2.60. The summed E-state index contributed by atoms with van der Waals surface area (Å²) in [6.45, 7) is 4.30. The van der Waals surface area contributed by atoms with Crippen molar-refractivity contribution in [3.05, 3.63) is 54.2 Å². The predicted molar refractivity (Wildman–Crippen MR) is 104 cm³/mol. The van der Waals surface area contributed by atoms with Crippen LogP contribution in [0.15, 0.2) is 48.7 Å². The van der Waals surface area contributed by atoms with Crippen LogP contribution in [0.3, 0.4) is 0 Å². The zero-order valence-electron chi connectivity index (χ0n) is 15.2. The number of hydrogen-bond donors (Lipinski definition) is 0. The largest absolute Gasteiger partial charge is 0.490 e. The van der Waals surface area contributed by atoms with Crippen LogP contribution in [0, 0.1) is 0 Å². The molecule has 1 amide bonds. The zero-order valence-corrected chi connectivity index (χ0v) is 15.2. The number of aromatic nitrogens is 1. The Morgan fingerprint density at radius 2 is 1.81 bits per heavy atom. The van der Waals surface area contributed by atoms with E-state index in [9.17, 15) is 4.79 Å². The molecule has 0 N–H and O–H groups in total. The van der Waals surface area contributed by atoms with Crippen LogP contribution in [0.2, 0.25) is 0 Å². The van der Waals surface area contributed by atoms with Gasteiger partial charge in [-0.15, -0.1) is 0 Å². The molecule has 140 valence electrons. The molecule has 0 atom stereocenters. The second-order valence-corrected chi connectivity index (χ2v) is 6.59. The minimum atomic E-state index is 0.0304. The van der Waals surface area contributed by atoms with E-state index in [0.717, 1.165) is 42.4 Å². The first-order valence-corrected chi connectivity index (χ1v) is 9.32. The number of nitrogens with zero attached hydrogens (tertiary/aromatic N) is 3. The average Bonchev–Trinajstić information content (AvgIpc) is 2.98. The van der Waals surface area contributed by atoms with Crippen LogP contribution in [0.4, 0.5) is 5.82 Å². The van der Waals surface area contributed by atoms with Gasteiger partial charge in [-0.2, -0.15) is 0 Å². The van der Waals surface area contributed by atoms with Crippen molar-refractivity contribution in [1.82, 2.24) is 9.88 Å². The highest BCUT2D eigenvalue weighted by molar-refractivity contribution is 5.92. The maximum Gasteiger partial charge on any atom is 0.246 e. The molecule has 0 aliphatic carbocycles. The molecule has 0 radical (unpaired) electrons. The number of benzene rings is 1. The molecule has 1 aromatic carbocycles. The molecule has 0 spiro atoms. The van der Waals surface area contributed by atoms with E-state index in [1.54, 1.807) is 12.3 Å². The standard InChI is InChI=1S/C21H23N3O3/c25-21(24-12-10-23(11-13-24)20-4-1-2-9-22-20)8-6-17-5-7-18-19(16-17)27-15-3-14-26-18/h1-2,4-9,16H,3,10-15H2. The number of rotatable bonds is 3. The van der Waals surface area contributed by atoms with Gasteiger partial charge in [-0.05, 0) is 35.9 Å². The molecule has 1 saturated heterocycles. The number of carbonyl (C=O) groups is 1. The van der Waals surface area contributed by atoms with Gasteiger partial charge in [-0.1, -0.05) is 12.1 Å². The molecular weight excluding hydrogens is 342 g/mol. The molecular formula is C21H23N3O3. The molecule has 27 heavy (non-hydrogen) atoms. The van der Waals surface area contributed by atoms with Crippen molar-refractivity contribution in [3.63, 3.8) is 0 Å². The molecule has 3 heterocycles. The summed E-state index contributed by atoms with van der Waals surface area (Å²) in [4.78, 5) is 21.0. The van der Waals surface area contributed by atoms with Gasteiger partial charge >= 0.3 is 0 Å². The van der Waals surface area contributed by atoms with E-state index < -0.39 is 0 Å². The third kappa shape index (κ3) is 4.22. The first-order chi connectivity index (χ1) is 13.3. The van der Waals surface area contributed by atoms with Crippen LogP contribution >= 0.6 is 0 Å². The Hall–Kier alpha value is -3.02. The fourth-order valence-electron chi connectivity index (χ4n) is 3.25. The zero-order chi connectivity index (χ0) is 18.5. The maximum absolute atomic E-state index is 12.5. The van der Waals surface area contributed by atoms with Crippen LogP contribution in [0.25, 0.3) is 6.08 Å². The van der Waals surface area contributed by atoms with Gasteiger partial charge in [0, 0.05) is 44.9 Å². The van der Waals surface area contributed by atoms with Crippen LogP contribution in [0.1, 0.15) is 12.0 Å². The van der Waals surface area contributed by atoms with Crippen LogP contribution < -0.4 is 14.4 Å². The summed E-state index contributed by atoms with van der Waals surface area (Å²) in [6, 6.07) is 11.7. The Balaban J connectivity index is 1.35. The van der Waals surface area contributed by atoms with Gasteiger partial charge in [-0.3, -0.25) is 4.79 Å². The van der Waals surface area contributed by atoms with E-state index in [4.69, 9.17) is 9.47 Å². The molecule has 0 bridgehead atoms. The maximum atomic E-state index is 12.5. The number of ether oxygens (including phenoxy) is 2. The first-order valence-electron chi connectivity index (χ1n) is 9.32. The number of piperazine rings is 1. The van der Waals surface area contributed by atoms with Crippen molar-refractivity contribution in [1.29, 1.82) is 0 Å². The molecule has 1 fully saturated rings. The van der Waals surface area contributed by atoms with Crippen molar-refractivity contribution >= 4 is 17.8 Å². The lowest BCUT2D eigenvalue weighted by atomic mass is 10.2. The number of hydrogen-bond acceptors (Lipinski definition) is 5. The van der Waals surface area contributed by atoms with Crippen molar-refractivity contribution in [2.45, 2.75) is 6.42 Å². The van der Waals surface area contributed by atoms with Gasteiger partial charge in [0.1, 0.15) is 5.82 Å². The van der Waals surface area contributed by atoms with Gasteiger partial charge in [0.05, 0.1) is 13.2 Å². The quantitative estimate of drug-likeness (QED) is 0.783. The number of carbonyl (C=O) groups excluding carboxylic acids is 1.